The van der Waals surface area contributed by atoms with Gasteiger partial charge >= 0.3 is 5.51 Å². The van der Waals surface area contributed by atoms with Crippen LogP contribution in [-0.2, 0) is 0 Å². The normalized spacial score (nSPS) is 15.9. The Hall–Kier alpha value is -2.41. The van der Waals surface area contributed by atoms with E-state index in [0.29, 0.717) is 24.6 Å². The number of hydrogen-bond acceptors (Lipinski definition) is 2. The van der Waals surface area contributed by atoms with E-state index in [2.05, 4.69) is 23.3 Å². The molecule has 0 aliphatic carbocycles. The summed E-state index contributed by atoms with van der Waals surface area (Å²) in [6.07, 6.45) is 3.80. The van der Waals surface area contributed by atoms with Crippen LogP contribution in [0.2, 0.25) is 0 Å². The van der Waals surface area contributed by atoms with Gasteiger partial charge in [-0.25, -0.2) is 0 Å². The number of aromatic nitrogens is 1. The number of amides is 1. The molecule has 0 bridgehead atoms. The lowest BCUT2D eigenvalue weighted by Crippen LogP contribution is -2.37. The van der Waals surface area contributed by atoms with Gasteiger partial charge in [0.2, 0.25) is 0 Å². The van der Waals surface area contributed by atoms with E-state index < -0.39 is 5.51 Å². The number of nitrogens with one attached hydrogen (secondary N) is 1. The van der Waals surface area contributed by atoms with E-state index in [1.807, 2.05) is 12.1 Å². The number of benzene rings is 2. The van der Waals surface area contributed by atoms with Gasteiger partial charge in [-0.2, -0.15) is 13.2 Å². The number of carbonyl (C=O) groups is 1. The van der Waals surface area contributed by atoms with Crippen molar-refractivity contribution in [1.82, 2.24) is 9.88 Å². The second-order valence-electron chi connectivity index (χ2n) is 6.93. The third kappa shape index (κ3) is 4.04. The summed E-state index contributed by atoms with van der Waals surface area (Å²) in [7, 11) is 0. The Morgan fingerprint density at radius 2 is 1.71 bits per heavy atom. The molecule has 1 saturated heterocycles. The SMILES string of the molecule is O=C(c1ccc(SC(F)(F)F)cc1)N1CCC(c2c[nH]c3ccccc23)CC1. The smallest absolute Gasteiger partial charge is 0.361 e. The van der Waals surface area contributed by atoms with Gasteiger partial charge in [-0.05, 0) is 66.4 Å². The molecule has 2 heterocycles. The van der Waals surface area contributed by atoms with E-state index >= 15 is 0 Å². The van der Waals surface area contributed by atoms with Crippen LogP contribution in [0.1, 0.15) is 34.7 Å². The number of thioether (sulfide) groups is 1. The zero-order valence-corrected chi connectivity index (χ0v) is 15.8. The fourth-order valence-corrected chi connectivity index (χ4v) is 4.35. The van der Waals surface area contributed by atoms with Crippen molar-refractivity contribution in [2.24, 2.45) is 0 Å². The van der Waals surface area contributed by atoms with E-state index in [1.165, 1.54) is 35.2 Å². The van der Waals surface area contributed by atoms with Crippen molar-refractivity contribution in [1.29, 1.82) is 0 Å². The lowest BCUT2D eigenvalue weighted by atomic mass is 9.89. The lowest BCUT2D eigenvalue weighted by Gasteiger charge is -2.32. The molecule has 3 nitrogen and oxygen atoms in total. The van der Waals surface area contributed by atoms with Crippen molar-refractivity contribution >= 4 is 28.6 Å². The van der Waals surface area contributed by atoms with Gasteiger partial charge < -0.3 is 9.88 Å². The second kappa shape index (κ2) is 7.54. The minimum atomic E-state index is -4.32. The molecular formula is C21H19F3N2OS. The number of alkyl halides is 3. The highest BCUT2D eigenvalue weighted by Crippen LogP contribution is 2.37. The van der Waals surface area contributed by atoms with Crippen molar-refractivity contribution < 1.29 is 18.0 Å². The molecule has 4 rings (SSSR count). The molecule has 3 aromatic rings. The third-order valence-electron chi connectivity index (χ3n) is 5.18. The van der Waals surface area contributed by atoms with Crippen LogP contribution in [0.25, 0.3) is 10.9 Å². The molecule has 1 fully saturated rings. The number of para-hydroxylation sites is 1. The molecule has 0 spiro atoms. The van der Waals surface area contributed by atoms with Gasteiger partial charge in [0.05, 0.1) is 0 Å². The first-order valence-corrected chi connectivity index (χ1v) is 9.93. The largest absolute Gasteiger partial charge is 0.446 e. The molecule has 1 N–H and O–H groups in total. The van der Waals surface area contributed by atoms with Crippen LogP contribution in [0, 0.1) is 0 Å². The summed E-state index contributed by atoms with van der Waals surface area (Å²) in [6.45, 7) is 1.28. The first-order valence-electron chi connectivity index (χ1n) is 9.12. The first-order chi connectivity index (χ1) is 13.4. The van der Waals surface area contributed by atoms with Crippen LogP contribution >= 0.6 is 11.8 Å². The molecule has 7 heteroatoms. The van der Waals surface area contributed by atoms with Crippen molar-refractivity contribution in [3.63, 3.8) is 0 Å². The van der Waals surface area contributed by atoms with Crippen molar-refractivity contribution in [2.45, 2.75) is 29.2 Å². The second-order valence-corrected chi connectivity index (χ2v) is 8.07. The average molecular weight is 404 g/mol. The average Bonchev–Trinajstić information content (AvgIpc) is 3.11. The standard InChI is InChI=1S/C21H19F3N2OS/c22-21(23,24)28-16-7-5-15(6-8-16)20(27)26-11-9-14(10-12-26)18-13-25-19-4-2-1-3-17(18)19/h1-8,13-14,25H,9-12H2. The van der Waals surface area contributed by atoms with Crippen LogP contribution in [0.4, 0.5) is 13.2 Å². The Balaban J connectivity index is 1.40. The number of likely N-dealkylation sites (tertiary alicyclic amines) is 1. The molecular weight excluding hydrogens is 385 g/mol. The van der Waals surface area contributed by atoms with Crippen LogP contribution < -0.4 is 0 Å². The van der Waals surface area contributed by atoms with E-state index in [9.17, 15) is 18.0 Å². The highest BCUT2D eigenvalue weighted by molar-refractivity contribution is 8.00. The number of nitrogens with zero attached hydrogens (tertiary/aromatic N) is 1. The molecule has 2 aromatic carbocycles. The quantitative estimate of drug-likeness (QED) is 0.560. The highest BCUT2D eigenvalue weighted by atomic mass is 32.2. The van der Waals surface area contributed by atoms with Crippen LogP contribution in [0.3, 0.4) is 0 Å². The minimum absolute atomic E-state index is 0.0853. The van der Waals surface area contributed by atoms with E-state index in [0.717, 1.165) is 18.4 Å². The lowest BCUT2D eigenvalue weighted by molar-refractivity contribution is -0.0328. The number of fused-ring (bicyclic) bond motifs is 1. The van der Waals surface area contributed by atoms with Gasteiger partial charge in [-0.1, -0.05) is 18.2 Å². The van der Waals surface area contributed by atoms with Crippen molar-refractivity contribution in [3.05, 3.63) is 65.9 Å². The van der Waals surface area contributed by atoms with Crippen LogP contribution in [-0.4, -0.2) is 34.4 Å². The zero-order valence-electron chi connectivity index (χ0n) is 15.0. The Bertz CT molecular complexity index is 973. The molecule has 0 atom stereocenters. The molecule has 146 valence electrons. The minimum Gasteiger partial charge on any atom is -0.361 e. The molecule has 28 heavy (non-hydrogen) atoms. The number of H-pyrrole nitrogens is 1. The van der Waals surface area contributed by atoms with Gasteiger partial charge in [-0.15, -0.1) is 0 Å². The number of carbonyl (C=O) groups excluding carboxylic acids is 1. The summed E-state index contributed by atoms with van der Waals surface area (Å²) >= 11 is -0.172. The maximum Gasteiger partial charge on any atom is 0.446 e. The molecule has 1 aliphatic rings. The van der Waals surface area contributed by atoms with Crippen LogP contribution in [0.5, 0.6) is 0 Å². The van der Waals surface area contributed by atoms with Crippen molar-refractivity contribution in [2.75, 3.05) is 13.1 Å². The molecule has 0 saturated carbocycles. The Kier molecular flexibility index (Phi) is 5.10. The molecule has 1 aliphatic heterocycles. The molecule has 1 amide bonds. The van der Waals surface area contributed by atoms with Crippen LogP contribution in [0.15, 0.2) is 59.6 Å². The third-order valence-corrected chi connectivity index (χ3v) is 5.92. The Morgan fingerprint density at radius 1 is 1.04 bits per heavy atom. The van der Waals surface area contributed by atoms with Gasteiger partial charge in [0.25, 0.3) is 5.91 Å². The van der Waals surface area contributed by atoms with Gasteiger partial charge in [0.1, 0.15) is 0 Å². The fraction of sp³-hybridized carbons (Fsp3) is 0.286. The number of rotatable bonds is 3. The Labute approximate surface area is 164 Å². The number of halogens is 3. The van der Waals surface area contributed by atoms with E-state index in [-0.39, 0.29) is 22.6 Å². The summed E-state index contributed by atoms with van der Waals surface area (Å²) in [5.41, 5.74) is -1.49. The molecule has 0 radical (unpaired) electrons. The molecule has 1 aromatic heterocycles. The highest BCUT2D eigenvalue weighted by Gasteiger charge is 2.30. The summed E-state index contributed by atoms with van der Waals surface area (Å²) in [5.74, 6) is 0.270. The fourth-order valence-electron chi connectivity index (χ4n) is 3.81. The summed E-state index contributed by atoms with van der Waals surface area (Å²) < 4.78 is 37.3. The Morgan fingerprint density at radius 3 is 2.39 bits per heavy atom. The van der Waals surface area contributed by atoms with E-state index in [1.54, 1.807) is 4.90 Å². The first kappa shape index (κ1) is 18.9. The van der Waals surface area contributed by atoms with E-state index in [4.69, 9.17) is 0 Å². The number of aromatic amines is 1. The summed E-state index contributed by atoms with van der Waals surface area (Å²) in [4.78, 5) is 17.9. The molecule has 0 unspecified atom stereocenters. The van der Waals surface area contributed by atoms with Crippen molar-refractivity contribution in [3.8, 4) is 0 Å². The summed E-state index contributed by atoms with van der Waals surface area (Å²) in [6, 6.07) is 13.8. The maximum atomic E-state index is 12.7. The monoisotopic (exact) mass is 404 g/mol. The summed E-state index contributed by atoms with van der Waals surface area (Å²) in [5, 5.41) is 1.23. The van der Waals surface area contributed by atoms with Gasteiger partial charge in [-0.3, -0.25) is 4.79 Å². The maximum absolute atomic E-state index is 12.7. The van der Waals surface area contributed by atoms with Gasteiger partial charge in [0, 0.05) is 40.6 Å². The number of hydrogen-bond donors (Lipinski definition) is 1. The predicted molar refractivity (Wildman–Crippen MR) is 105 cm³/mol. The zero-order chi connectivity index (χ0) is 19.7. The van der Waals surface area contributed by atoms with Gasteiger partial charge in [0.15, 0.2) is 0 Å². The predicted octanol–water partition coefficient (Wildman–Crippen LogP) is 5.80. The number of piperidine rings is 1. The topological polar surface area (TPSA) is 36.1 Å².